The highest BCUT2D eigenvalue weighted by Gasteiger charge is 2.26. The SMILES string of the molecule is Cc1cc(Oc2ccc(-c3nc(Nc4cccc5c4CCCC5c4cc(Oc5ccc(-c6nc(Nc7cccc(Cl)c7)n[nH]6)cc5)cc(C)n4)n[nH]3)cc2)ccn1. The standard InChI is InChI=1S/C44H37ClN10O2/c1-26-22-34(20-21-46-26)56-32-16-12-29(13-17-32)42-51-44(55-53-42)49-39-11-5-8-36-37(39)9-4-10-38(36)40-25-35(23-27(2)47-40)57-33-18-14-28(15-19-33)41-50-43(54-52-41)48-31-7-3-6-30(45)24-31/h3,5-8,11-25,38H,4,9-10H2,1-2H3,(H2,48,50,52,54)(H2,49,51,53,55). The van der Waals surface area contributed by atoms with Gasteiger partial charge in [-0.3, -0.25) is 20.2 Å². The van der Waals surface area contributed by atoms with Crippen molar-refractivity contribution in [3.8, 4) is 45.8 Å². The molecular weight excluding hydrogens is 736 g/mol. The Balaban J connectivity index is 0.876. The van der Waals surface area contributed by atoms with Gasteiger partial charge in [0.1, 0.15) is 23.0 Å². The van der Waals surface area contributed by atoms with Crippen LogP contribution in [0.4, 0.5) is 23.3 Å². The summed E-state index contributed by atoms with van der Waals surface area (Å²) in [5, 5.41) is 22.1. The maximum Gasteiger partial charge on any atom is 0.246 e. The maximum atomic E-state index is 6.39. The Morgan fingerprint density at radius 3 is 2.02 bits per heavy atom. The van der Waals surface area contributed by atoms with Crippen LogP contribution in [-0.2, 0) is 6.42 Å². The fourth-order valence-corrected chi connectivity index (χ4v) is 7.29. The molecule has 0 fully saturated rings. The molecule has 4 heterocycles. The van der Waals surface area contributed by atoms with Crippen LogP contribution in [0.3, 0.4) is 0 Å². The van der Waals surface area contributed by atoms with Crippen molar-refractivity contribution >= 4 is 34.9 Å². The largest absolute Gasteiger partial charge is 0.457 e. The monoisotopic (exact) mass is 772 g/mol. The number of hydrogen-bond donors (Lipinski definition) is 4. The molecule has 8 aromatic rings. The van der Waals surface area contributed by atoms with Crippen LogP contribution in [0.25, 0.3) is 22.8 Å². The minimum atomic E-state index is 0.112. The lowest BCUT2D eigenvalue weighted by Crippen LogP contribution is -2.14. The van der Waals surface area contributed by atoms with Crippen molar-refractivity contribution in [2.45, 2.75) is 39.0 Å². The molecule has 13 heteroatoms. The average Bonchev–Trinajstić information content (AvgIpc) is 3.88. The van der Waals surface area contributed by atoms with E-state index in [0.717, 1.165) is 76.1 Å². The number of nitrogens with one attached hydrogen (secondary N) is 4. The molecule has 0 bridgehead atoms. The van der Waals surface area contributed by atoms with Crippen LogP contribution in [-0.4, -0.2) is 40.3 Å². The van der Waals surface area contributed by atoms with E-state index < -0.39 is 0 Å². The van der Waals surface area contributed by atoms with Crippen LogP contribution in [0.5, 0.6) is 23.0 Å². The Hall–Kier alpha value is -7.05. The van der Waals surface area contributed by atoms with Gasteiger partial charge in [-0.25, -0.2) is 0 Å². The van der Waals surface area contributed by atoms with E-state index in [4.69, 9.17) is 31.0 Å². The fourth-order valence-electron chi connectivity index (χ4n) is 7.10. The number of nitrogens with zero attached hydrogens (tertiary/aromatic N) is 6. The van der Waals surface area contributed by atoms with Crippen LogP contribution < -0.4 is 20.1 Å². The Bertz CT molecular complexity index is 2680. The third kappa shape index (κ3) is 8.17. The molecule has 4 aromatic heterocycles. The summed E-state index contributed by atoms with van der Waals surface area (Å²) in [5.41, 5.74) is 8.82. The summed E-state index contributed by atoms with van der Waals surface area (Å²) in [6, 6.07) is 37.0. The van der Waals surface area contributed by atoms with Crippen LogP contribution in [0.15, 0.2) is 121 Å². The fraction of sp³-hybridized carbons (Fsp3) is 0.136. The molecule has 12 nitrogen and oxygen atoms in total. The van der Waals surface area contributed by atoms with Crippen LogP contribution in [0.1, 0.15) is 47.0 Å². The highest BCUT2D eigenvalue weighted by Crippen LogP contribution is 2.41. The molecule has 9 rings (SSSR count). The van der Waals surface area contributed by atoms with Crippen LogP contribution >= 0.6 is 11.6 Å². The molecule has 1 aliphatic rings. The third-order valence-electron chi connectivity index (χ3n) is 9.70. The lowest BCUT2D eigenvalue weighted by molar-refractivity contribution is 0.478. The van der Waals surface area contributed by atoms with Crippen molar-refractivity contribution in [2.75, 3.05) is 10.6 Å². The molecule has 0 amide bonds. The summed E-state index contributed by atoms with van der Waals surface area (Å²) in [5.74, 6) is 5.27. The summed E-state index contributed by atoms with van der Waals surface area (Å²) in [6.45, 7) is 3.94. The number of pyridine rings is 2. The highest BCUT2D eigenvalue weighted by atomic mass is 35.5. The first kappa shape index (κ1) is 35.6. The van der Waals surface area contributed by atoms with Gasteiger partial charge in [-0.05, 0) is 123 Å². The van der Waals surface area contributed by atoms with Gasteiger partial charge in [-0.15, -0.1) is 10.2 Å². The van der Waals surface area contributed by atoms with Gasteiger partial charge >= 0.3 is 0 Å². The average molecular weight is 773 g/mol. The number of benzene rings is 4. The topological polar surface area (TPSA) is 151 Å². The van der Waals surface area contributed by atoms with E-state index in [-0.39, 0.29) is 5.92 Å². The van der Waals surface area contributed by atoms with Crippen molar-refractivity contribution in [3.63, 3.8) is 0 Å². The van der Waals surface area contributed by atoms with Crippen molar-refractivity contribution in [2.24, 2.45) is 0 Å². The molecule has 57 heavy (non-hydrogen) atoms. The summed E-state index contributed by atoms with van der Waals surface area (Å²) < 4.78 is 12.4. The van der Waals surface area contributed by atoms with Gasteiger partial charge in [0.15, 0.2) is 11.6 Å². The van der Waals surface area contributed by atoms with E-state index >= 15 is 0 Å². The third-order valence-corrected chi connectivity index (χ3v) is 9.94. The lowest BCUT2D eigenvalue weighted by Gasteiger charge is -2.27. The van der Waals surface area contributed by atoms with Gasteiger partial charge < -0.3 is 20.1 Å². The van der Waals surface area contributed by atoms with Gasteiger partial charge in [-0.2, -0.15) is 9.97 Å². The van der Waals surface area contributed by atoms with E-state index in [1.165, 1.54) is 11.1 Å². The Kier molecular flexibility index (Phi) is 9.75. The normalized spacial score (nSPS) is 13.5. The minimum absolute atomic E-state index is 0.112. The summed E-state index contributed by atoms with van der Waals surface area (Å²) in [6.07, 6.45) is 4.68. The molecule has 1 aliphatic carbocycles. The van der Waals surface area contributed by atoms with E-state index in [0.29, 0.717) is 34.3 Å². The quantitative estimate of drug-likeness (QED) is 0.0999. The van der Waals surface area contributed by atoms with Gasteiger partial charge in [0.2, 0.25) is 11.9 Å². The van der Waals surface area contributed by atoms with E-state index in [1.54, 1.807) is 6.20 Å². The van der Waals surface area contributed by atoms with Gasteiger partial charge in [0.05, 0.1) is 5.69 Å². The Morgan fingerprint density at radius 2 is 1.32 bits per heavy atom. The Morgan fingerprint density at radius 1 is 0.649 bits per heavy atom. The molecule has 0 spiro atoms. The molecule has 4 aromatic carbocycles. The number of fused-ring (bicyclic) bond motifs is 1. The first-order valence-corrected chi connectivity index (χ1v) is 19.0. The van der Waals surface area contributed by atoms with Crippen molar-refractivity contribution in [1.29, 1.82) is 0 Å². The predicted octanol–water partition coefficient (Wildman–Crippen LogP) is 10.9. The second-order valence-corrected chi connectivity index (χ2v) is 14.3. The summed E-state index contributed by atoms with van der Waals surface area (Å²) in [7, 11) is 0. The Labute approximate surface area is 333 Å². The first-order valence-electron chi connectivity index (χ1n) is 18.6. The summed E-state index contributed by atoms with van der Waals surface area (Å²) in [4.78, 5) is 18.6. The minimum Gasteiger partial charge on any atom is -0.457 e. The number of rotatable bonds is 11. The zero-order valence-electron chi connectivity index (χ0n) is 31.1. The smallest absolute Gasteiger partial charge is 0.246 e. The molecule has 0 radical (unpaired) electrons. The zero-order chi connectivity index (χ0) is 38.7. The maximum absolute atomic E-state index is 6.39. The summed E-state index contributed by atoms with van der Waals surface area (Å²) >= 11 is 6.11. The van der Waals surface area contributed by atoms with E-state index in [2.05, 4.69) is 65.3 Å². The zero-order valence-corrected chi connectivity index (χ0v) is 31.9. The van der Waals surface area contributed by atoms with Crippen molar-refractivity contribution in [1.82, 2.24) is 40.3 Å². The molecule has 1 unspecified atom stereocenters. The predicted molar refractivity (Wildman–Crippen MR) is 221 cm³/mol. The number of halogens is 1. The molecule has 0 aliphatic heterocycles. The number of hydrogen-bond acceptors (Lipinski definition) is 10. The van der Waals surface area contributed by atoms with Gasteiger partial charge in [-0.1, -0.05) is 29.8 Å². The molecule has 1 atom stereocenters. The number of H-pyrrole nitrogens is 2. The number of anilines is 4. The van der Waals surface area contributed by atoms with Crippen molar-refractivity contribution in [3.05, 3.63) is 155 Å². The number of aromatic amines is 2. The first-order chi connectivity index (χ1) is 27.9. The highest BCUT2D eigenvalue weighted by molar-refractivity contribution is 6.30. The number of aromatic nitrogens is 8. The number of aryl methyl sites for hydroxylation is 2. The van der Waals surface area contributed by atoms with Crippen LogP contribution in [0.2, 0.25) is 5.02 Å². The van der Waals surface area contributed by atoms with Gasteiger partial charge in [0, 0.05) is 69.2 Å². The van der Waals surface area contributed by atoms with Crippen LogP contribution in [0, 0.1) is 13.8 Å². The van der Waals surface area contributed by atoms with E-state index in [1.807, 2.05) is 105 Å². The second-order valence-electron chi connectivity index (χ2n) is 13.8. The lowest BCUT2D eigenvalue weighted by atomic mass is 9.80. The molecule has 4 N–H and O–H groups in total. The van der Waals surface area contributed by atoms with E-state index in [9.17, 15) is 0 Å². The molecule has 282 valence electrons. The number of ether oxygens (including phenoxy) is 2. The van der Waals surface area contributed by atoms with Gasteiger partial charge in [0.25, 0.3) is 0 Å². The molecule has 0 saturated carbocycles. The van der Waals surface area contributed by atoms with Crippen molar-refractivity contribution < 1.29 is 9.47 Å². The second kappa shape index (κ2) is 15.6. The molecule has 0 saturated heterocycles. The molecular formula is C44H37ClN10O2.